The number of aromatic nitrogens is 2. The monoisotopic (exact) mass is 191 g/mol. The highest BCUT2D eigenvalue weighted by molar-refractivity contribution is 5.13. The number of hydrogen-bond acceptors (Lipinski definition) is 3. The lowest BCUT2D eigenvalue weighted by Crippen LogP contribution is -2.09. The third-order valence-electron chi connectivity index (χ3n) is 1.14. The van der Waals surface area contributed by atoms with Gasteiger partial charge in [-0.05, 0) is 6.92 Å². The molecular formula is C7H6F3N2O. The van der Waals surface area contributed by atoms with Gasteiger partial charge in [-0.3, -0.25) is 0 Å². The maximum absolute atomic E-state index is 12.0. The van der Waals surface area contributed by atoms with Gasteiger partial charge in [0.2, 0.25) is 5.88 Å². The Labute approximate surface area is 72.6 Å². The first-order valence-electron chi connectivity index (χ1n) is 3.48. The molecular weight excluding hydrogens is 185 g/mol. The second-order valence-electron chi connectivity index (χ2n) is 2.08. The Morgan fingerprint density at radius 1 is 1.46 bits per heavy atom. The standard InChI is InChI=1S/C7H6F3N2O/c1-2-13-6-3-5(7(8,9)10)11-4-12-6/h4H,2H2,1H3. The molecule has 1 radical (unpaired) electrons. The Kier molecular flexibility index (Phi) is 2.69. The summed E-state index contributed by atoms with van der Waals surface area (Å²) in [6.07, 6.45) is -3.71. The Morgan fingerprint density at radius 3 is 2.69 bits per heavy atom. The van der Waals surface area contributed by atoms with Crippen molar-refractivity contribution in [3.05, 3.63) is 18.1 Å². The summed E-state index contributed by atoms with van der Waals surface area (Å²) in [6.45, 7) is 1.88. The highest BCUT2D eigenvalue weighted by Gasteiger charge is 2.33. The van der Waals surface area contributed by atoms with E-state index in [1.165, 1.54) is 0 Å². The van der Waals surface area contributed by atoms with Gasteiger partial charge < -0.3 is 4.74 Å². The van der Waals surface area contributed by atoms with E-state index in [0.29, 0.717) is 0 Å². The van der Waals surface area contributed by atoms with Gasteiger partial charge in [0, 0.05) is 0 Å². The Morgan fingerprint density at radius 2 is 2.15 bits per heavy atom. The summed E-state index contributed by atoms with van der Waals surface area (Å²) in [5.74, 6) is -0.190. The second-order valence-corrected chi connectivity index (χ2v) is 2.08. The van der Waals surface area contributed by atoms with Crippen LogP contribution in [0.1, 0.15) is 12.6 Å². The van der Waals surface area contributed by atoms with Crippen molar-refractivity contribution in [2.45, 2.75) is 13.1 Å². The first-order valence-corrected chi connectivity index (χ1v) is 3.48. The number of nitrogens with zero attached hydrogens (tertiary/aromatic N) is 2. The Balaban J connectivity index is 2.92. The summed E-state index contributed by atoms with van der Waals surface area (Å²) < 4.78 is 40.8. The van der Waals surface area contributed by atoms with Gasteiger partial charge in [0.1, 0.15) is 6.33 Å². The molecule has 0 fully saturated rings. The van der Waals surface area contributed by atoms with E-state index < -0.39 is 11.9 Å². The third-order valence-corrected chi connectivity index (χ3v) is 1.14. The number of alkyl halides is 3. The van der Waals surface area contributed by atoms with Crippen molar-refractivity contribution in [2.75, 3.05) is 6.61 Å². The highest BCUT2D eigenvalue weighted by Crippen LogP contribution is 2.27. The van der Waals surface area contributed by atoms with Crippen LogP contribution in [-0.2, 0) is 6.18 Å². The lowest BCUT2D eigenvalue weighted by atomic mass is 10.4. The minimum absolute atomic E-state index is 0.190. The average molecular weight is 191 g/mol. The first kappa shape index (κ1) is 9.76. The van der Waals surface area contributed by atoms with E-state index in [9.17, 15) is 13.2 Å². The first-order chi connectivity index (χ1) is 6.04. The fourth-order valence-corrected chi connectivity index (χ4v) is 0.659. The molecule has 6 heteroatoms. The Bertz CT molecular complexity index is 287. The predicted octanol–water partition coefficient (Wildman–Crippen LogP) is 1.69. The summed E-state index contributed by atoms with van der Waals surface area (Å²) in [5.41, 5.74) is -1.12. The molecule has 0 N–H and O–H groups in total. The largest absolute Gasteiger partial charge is 0.477 e. The van der Waals surface area contributed by atoms with E-state index in [2.05, 4.69) is 9.97 Å². The molecule has 0 saturated heterocycles. The molecule has 0 saturated carbocycles. The molecule has 1 rings (SSSR count). The van der Waals surface area contributed by atoms with Crippen molar-refractivity contribution in [3.63, 3.8) is 0 Å². The van der Waals surface area contributed by atoms with E-state index in [1.807, 2.05) is 6.07 Å². The summed E-state index contributed by atoms with van der Waals surface area (Å²) in [7, 11) is 0. The zero-order valence-corrected chi connectivity index (χ0v) is 6.72. The second kappa shape index (κ2) is 3.59. The molecule has 71 valence electrons. The van der Waals surface area contributed by atoms with E-state index in [-0.39, 0.29) is 12.5 Å². The molecule has 0 bridgehead atoms. The van der Waals surface area contributed by atoms with Gasteiger partial charge in [0.05, 0.1) is 12.7 Å². The van der Waals surface area contributed by atoms with E-state index >= 15 is 0 Å². The smallest absolute Gasteiger partial charge is 0.434 e. The fourth-order valence-electron chi connectivity index (χ4n) is 0.659. The van der Waals surface area contributed by atoms with Crippen LogP contribution in [0.5, 0.6) is 5.88 Å². The number of hydrogen-bond donors (Lipinski definition) is 0. The topological polar surface area (TPSA) is 35.0 Å². The fraction of sp³-hybridized carbons (Fsp3) is 0.429. The van der Waals surface area contributed by atoms with E-state index in [1.54, 1.807) is 6.92 Å². The van der Waals surface area contributed by atoms with Crippen LogP contribution in [0.4, 0.5) is 13.2 Å². The van der Waals surface area contributed by atoms with Crippen molar-refractivity contribution >= 4 is 0 Å². The molecule has 1 aromatic heterocycles. The molecule has 0 aliphatic heterocycles. The van der Waals surface area contributed by atoms with Crippen LogP contribution >= 0.6 is 0 Å². The van der Waals surface area contributed by atoms with Crippen molar-refractivity contribution in [1.29, 1.82) is 0 Å². The SMILES string of the molecule is CCOc1[c]c(C(F)(F)F)ncn1. The summed E-state index contributed by atoms with van der Waals surface area (Å²) >= 11 is 0. The maximum atomic E-state index is 12.0. The molecule has 0 unspecified atom stereocenters. The molecule has 0 atom stereocenters. The van der Waals surface area contributed by atoms with Crippen LogP contribution in [0.3, 0.4) is 0 Å². The van der Waals surface area contributed by atoms with Crippen LogP contribution in [0, 0.1) is 6.07 Å². The zero-order chi connectivity index (χ0) is 9.90. The van der Waals surface area contributed by atoms with Gasteiger partial charge in [-0.2, -0.15) is 13.2 Å². The van der Waals surface area contributed by atoms with Crippen LogP contribution < -0.4 is 4.74 Å². The predicted molar refractivity (Wildman–Crippen MR) is 37.0 cm³/mol. The molecule has 0 aliphatic rings. The summed E-state index contributed by atoms with van der Waals surface area (Å²) in [4.78, 5) is 6.47. The van der Waals surface area contributed by atoms with Gasteiger partial charge in [-0.25, -0.2) is 9.97 Å². The molecule has 0 aliphatic carbocycles. The molecule has 0 amide bonds. The summed E-state index contributed by atoms with van der Waals surface area (Å²) in [5, 5.41) is 0. The van der Waals surface area contributed by atoms with Gasteiger partial charge in [-0.15, -0.1) is 0 Å². The number of halogens is 3. The van der Waals surface area contributed by atoms with Crippen molar-refractivity contribution in [2.24, 2.45) is 0 Å². The minimum atomic E-state index is -4.51. The van der Waals surface area contributed by atoms with Crippen molar-refractivity contribution in [3.8, 4) is 5.88 Å². The molecule has 3 nitrogen and oxygen atoms in total. The number of rotatable bonds is 2. The third kappa shape index (κ3) is 2.57. The lowest BCUT2D eigenvalue weighted by Gasteiger charge is -2.05. The minimum Gasteiger partial charge on any atom is -0.477 e. The zero-order valence-electron chi connectivity index (χ0n) is 6.72. The van der Waals surface area contributed by atoms with Gasteiger partial charge in [-0.1, -0.05) is 0 Å². The van der Waals surface area contributed by atoms with Crippen LogP contribution in [0.2, 0.25) is 0 Å². The average Bonchev–Trinajstić information content (AvgIpc) is 2.04. The molecule has 13 heavy (non-hydrogen) atoms. The molecule has 1 aromatic rings. The van der Waals surface area contributed by atoms with E-state index in [4.69, 9.17) is 4.74 Å². The molecule has 1 heterocycles. The van der Waals surface area contributed by atoms with Gasteiger partial charge in [0.15, 0.2) is 5.69 Å². The van der Waals surface area contributed by atoms with E-state index in [0.717, 1.165) is 6.33 Å². The van der Waals surface area contributed by atoms with Crippen LogP contribution in [0.15, 0.2) is 6.33 Å². The normalized spacial score (nSPS) is 11.4. The molecule has 0 spiro atoms. The number of ether oxygens (including phenoxy) is 1. The van der Waals surface area contributed by atoms with Crippen molar-refractivity contribution in [1.82, 2.24) is 9.97 Å². The van der Waals surface area contributed by atoms with Crippen molar-refractivity contribution < 1.29 is 17.9 Å². The van der Waals surface area contributed by atoms with Gasteiger partial charge >= 0.3 is 6.18 Å². The van der Waals surface area contributed by atoms with Crippen LogP contribution in [0.25, 0.3) is 0 Å². The lowest BCUT2D eigenvalue weighted by molar-refractivity contribution is -0.141. The Hall–Kier alpha value is -1.33. The highest BCUT2D eigenvalue weighted by atomic mass is 19.4. The van der Waals surface area contributed by atoms with Crippen LogP contribution in [-0.4, -0.2) is 16.6 Å². The van der Waals surface area contributed by atoms with Gasteiger partial charge in [0.25, 0.3) is 0 Å². The maximum Gasteiger partial charge on any atom is 0.434 e. The quantitative estimate of drug-likeness (QED) is 0.713. The molecule has 0 aromatic carbocycles. The summed E-state index contributed by atoms with van der Waals surface area (Å²) in [6, 6.07) is 1.92.